The molecule has 1 aliphatic rings. The molecule has 1 aromatic carbocycles. The summed E-state index contributed by atoms with van der Waals surface area (Å²) >= 11 is 0. The van der Waals surface area contributed by atoms with Crippen LogP contribution in [0.2, 0.25) is 0 Å². The number of benzene rings is 1. The van der Waals surface area contributed by atoms with E-state index in [0.29, 0.717) is 13.0 Å². The lowest BCUT2D eigenvalue weighted by Crippen LogP contribution is -2.43. The van der Waals surface area contributed by atoms with Crippen LogP contribution in [0.1, 0.15) is 18.4 Å². The highest BCUT2D eigenvalue weighted by Gasteiger charge is 2.21. The van der Waals surface area contributed by atoms with Crippen LogP contribution < -0.4 is 5.32 Å². The number of hydrogen-bond donors (Lipinski definition) is 1. The van der Waals surface area contributed by atoms with Crippen molar-refractivity contribution in [3.05, 3.63) is 35.9 Å². The van der Waals surface area contributed by atoms with Crippen molar-refractivity contribution in [2.24, 2.45) is 0 Å². The Labute approximate surface area is 137 Å². The predicted octanol–water partition coefficient (Wildman–Crippen LogP) is 0.786. The van der Waals surface area contributed by atoms with Gasteiger partial charge in [0, 0.05) is 19.7 Å². The van der Waals surface area contributed by atoms with Crippen molar-refractivity contribution >= 4 is 15.9 Å². The van der Waals surface area contributed by atoms with Crippen LogP contribution in [-0.2, 0) is 26.0 Å². The van der Waals surface area contributed by atoms with Crippen LogP contribution in [0.3, 0.4) is 0 Å². The SMILES string of the molecule is CS(=O)(=O)N(CCc1ccccc1)CC(=O)NC[C@@H]1CCCO1. The molecular formula is C16H24N2O4S. The van der Waals surface area contributed by atoms with Crippen molar-refractivity contribution in [2.75, 3.05) is 32.5 Å². The van der Waals surface area contributed by atoms with Gasteiger partial charge in [0.15, 0.2) is 0 Å². The van der Waals surface area contributed by atoms with Crippen LogP contribution in [-0.4, -0.2) is 57.2 Å². The number of rotatable bonds is 8. The van der Waals surface area contributed by atoms with Gasteiger partial charge in [0.25, 0.3) is 0 Å². The van der Waals surface area contributed by atoms with Crippen molar-refractivity contribution in [2.45, 2.75) is 25.4 Å². The summed E-state index contributed by atoms with van der Waals surface area (Å²) in [6, 6.07) is 9.62. The molecule has 0 saturated carbocycles. The summed E-state index contributed by atoms with van der Waals surface area (Å²) in [6.07, 6.45) is 3.70. The summed E-state index contributed by atoms with van der Waals surface area (Å²) in [5.74, 6) is -0.293. The number of nitrogens with zero attached hydrogens (tertiary/aromatic N) is 1. The quantitative estimate of drug-likeness (QED) is 0.759. The normalized spacial score (nSPS) is 18.3. The van der Waals surface area contributed by atoms with E-state index in [2.05, 4.69) is 5.32 Å². The fourth-order valence-corrected chi connectivity index (χ4v) is 3.28. The van der Waals surface area contributed by atoms with Gasteiger partial charge in [-0.3, -0.25) is 4.79 Å². The van der Waals surface area contributed by atoms with Crippen LogP contribution >= 0.6 is 0 Å². The fourth-order valence-electron chi connectivity index (χ4n) is 2.51. The molecule has 128 valence electrons. The number of carbonyl (C=O) groups is 1. The fraction of sp³-hybridized carbons (Fsp3) is 0.562. The summed E-state index contributed by atoms with van der Waals surface area (Å²) < 4.78 is 30.4. The standard InChI is InChI=1S/C16H24N2O4S/c1-23(20,21)18(10-9-14-6-3-2-4-7-14)13-16(19)17-12-15-8-5-11-22-15/h2-4,6-7,15H,5,8-13H2,1H3,(H,17,19)/t15-/m0/s1. The van der Waals surface area contributed by atoms with Gasteiger partial charge in [0.2, 0.25) is 15.9 Å². The first-order valence-corrected chi connectivity index (χ1v) is 9.67. The highest BCUT2D eigenvalue weighted by Crippen LogP contribution is 2.10. The molecule has 1 fully saturated rings. The number of ether oxygens (including phenoxy) is 1. The van der Waals surface area contributed by atoms with Crippen molar-refractivity contribution in [1.29, 1.82) is 0 Å². The molecule has 0 aliphatic carbocycles. The average Bonchev–Trinajstić information content (AvgIpc) is 3.02. The third-order valence-electron chi connectivity index (χ3n) is 3.83. The average molecular weight is 340 g/mol. The predicted molar refractivity (Wildman–Crippen MR) is 88.5 cm³/mol. The lowest BCUT2D eigenvalue weighted by molar-refractivity contribution is -0.121. The Bertz CT molecular complexity index is 598. The van der Waals surface area contributed by atoms with E-state index in [9.17, 15) is 13.2 Å². The van der Waals surface area contributed by atoms with Crippen molar-refractivity contribution in [1.82, 2.24) is 9.62 Å². The van der Waals surface area contributed by atoms with Crippen LogP contribution in [0.25, 0.3) is 0 Å². The maximum absolute atomic E-state index is 12.0. The maximum Gasteiger partial charge on any atom is 0.235 e. The number of amides is 1. The molecule has 0 spiro atoms. The van der Waals surface area contributed by atoms with Crippen molar-refractivity contribution in [3.63, 3.8) is 0 Å². The molecule has 1 aliphatic heterocycles. The molecule has 7 heteroatoms. The summed E-state index contributed by atoms with van der Waals surface area (Å²) in [5, 5.41) is 2.76. The van der Waals surface area contributed by atoms with Crippen LogP contribution in [0, 0.1) is 0 Å². The molecule has 2 rings (SSSR count). The zero-order valence-corrected chi connectivity index (χ0v) is 14.2. The molecule has 1 saturated heterocycles. The van der Waals surface area contributed by atoms with Crippen LogP contribution in [0.15, 0.2) is 30.3 Å². The molecule has 0 unspecified atom stereocenters. The van der Waals surface area contributed by atoms with Gasteiger partial charge in [-0.25, -0.2) is 8.42 Å². The van der Waals surface area contributed by atoms with E-state index in [-0.39, 0.29) is 25.1 Å². The van der Waals surface area contributed by atoms with Crippen LogP contribution in [0.5, 0.6) is 0 Å². The number of sulfonamides is 1. The Morgan fingerprint density at radius 2 is 2.09 bits per heavy atom. The van der Waals surface area contributed by atoms with Gasteiger partial charge in [-0.1, -0.05) is 30.3 Å². The Morgan fingerprint density at radius 1 is 1.35 bits per heavy atom. The highest BCUT2D eigenvalue weighted by atomic mass is 32.2. The first-order chi connectivity index (χ1) is 10.9. The minimum atomic E-state index is -3.43. The summed E-state index contributed by atoms with van der Waals surface area (Å²) in [6.45, 7) is 1.30. The molecule has 0 radical (unpaired) electrons. The van der Waals surface area contributed by atoms with Crippen molar-refractivity contribution in [3.8, 4) is 0 Å². The van der Waals surface area contributed by atoms with Gasteiger partial charge in [-0.05, 0) is 24.8 Å². The Kier molecular flexibility index (Phi) is 6.56. The van der Waals surface area contributed by atoms with Gasteiger partial charge in [0.1, 0.15) is 0 Å². The van der Waals surface area contributed by atoms with E-state index < -0.39 is 10.0 Å². The molecule has 0 aromatic heterocycles. The number of nitrogens with one attached hydrogen (secondary N) is 1. The van der Waals surface area contributed by atoms with Gasteiger partial charge in [-0.15, -0.1) is 0 Å². The maximum atomic E-state index is 12.0. The monoisotopic (exact) mass is 340 g/mol. The second-order valence-electron chi connectivity index (χ2n) is 5.77. The zero-order chi connectivity index (χ0) is 16.7. The molecule has 0 bridgehead atoms. The molecule has 1 amide bonds. The third kappa shape index (κ3) is 6.29. The Hall–Kier alpha value is -1.44. The minimum Gasteiger partial charge on any atom is -0.376 e. The Balaban J connectivity index is 1.84. The van der Waals surface area contributed by atoms with E-state index >= 15 is 0 Å². The second kappa shape index (κ2) is 8.42. The second-order valence-corrected chi connectivity index (χ2v) is 7.75. The lowest BCUT2D eigenvalue weighted by Gasteiger charge is -2.20. The molecule has 1 atom stereocenters. The first kappa shape index (κ1) is 17.9. The van der Waals surface area contributed by atoms with E-state index in [1.807, 2.05) is 30.3 Å². The van der Waals surface area contributed by atoms with E-state index in [4.69, 9.17) is 4.74 Å². The topological polar surface area (TPSA) is 75.7 Å². The van der Waals surface area contributed by atoms with E-state index in [0.717, 1.165) is 31.3 Å². The molecule has 6 nitrogen and oxygen atoms in total. The molecule has 23 heavy (non-hydrogen) atoms. The molecule has 1 aromatic rings. The van der Waals surface area contributed by atoms with Gasteiger partial charge in [0.05, 0.1) is 18.9 Å². The summed E-state index contributed by atoms with van der Waals surface area (Å²) in [5.41, 5.74) is 1.04. The third-order valence-corrected chi connectivity index (χ3v) is 5.08. The number of carbonyl (C=O) groups excluding carboxylic acids is 1. The van der Waals surface area contributed by atoms with Gasteiger partial charge in [-0.2, -0.15) is 4.31 Å². The number of hydrogen-bond acceptors (Lipinski definition) is 4. The largest absolute Gasteiger partial charge is 0.376 e. The smallest absolute Gasteiger partial charge is 0.235 e. The molecule has 1 heterocycles. The highest BCUT2D eigenvalue weighted by molar-refractivity contribution is 7.88. The summed E-state index contributed by atoms with van der Waals surface area (Å²) in [7, 11) is -3.43. The van der Waals surface area contributed by atoms with E-state index in [1.165, 1.54) is 4.31 Å². The Morgan fingerprint density at radius 3 is 2.70 bits per heavy atom. The lowest BCUT2D eigenvalue weighted by atomic mass is 10.1. The first-order valence-electron chi connectivity index (χ1n) is 7.82. The molecule has 1 N–H and O–H groups in total. The zero-order valence-electron chi connectivity index (χ0n) is 13.4. The molecular weight excluding hydrogens is 316 g/mol. The van der Waals surface area contributed by atoms with Crippen LogP contribution in [0.4, 0.5) is 0 Å². The van der Waals surface area contributed by atoms with Gasteiger partial charge >= 0.3 is 0 Å². The van der Waals surface area contributed by atoms with Gasteiger partial charge < -0.3 is 10.1 Å². The van der Waals surface area contributed by atoms with E-state index in [1.54, 1.807) is 0 Å². The van der Waals surface area contributed by atoms with Crippen molar-refractivity contribution < 1.29 is 17.9 Å². The minimum absolute atomic E-state index is 0.0509. The summed E-state index contributed by atoms with van der Waals surface area (Å²) in [4.78, 5) is 12.0.